The molecule has 3 heteroatoms. The number of anilines is 1. The van der Waals surface area contributed by atoms with Gasteiger partial charge in [0.15, 0.2) is 0 Å². The van der Waals surface area contributed by atoms with Crippen molar-refractivity contribution in [3.8, 4) is 0 Å². The zero-order valence-corrected chi connectivity index (χ0v) is 13.0. The highest BCUT2D eigenvalue weighted by Crippen LogP contribution is 2.19. The minimum Gasteiger partial charge on any atom is -0.465 e. The molecule has 0 bridgehead atoms. The van der Waals surface area contributed by atoms with Crippen molar-refractivity contribution in [2.24, 2.45) is 0 Å². The van der Waals surface area contributed by atoms with E-state index in [1.165, 1.54) is 23.8 Å². The Bertz CT molecular complexity index is 642. The molecule has 0 aromatic heterocycles. The molecule has 0 saturated carbocycles. The highest BCUT2D eigenvalue weighted by atomic mass is 16.5. The maximum atomic E-state index is 11.6. The molecule has 0 aliphatic heterocycles. The van der Waals surface area contributed by atoms with E-state index in [1.54, 1.807) is 6.07 Å². The van der Waals surface area contributed by atoms with Gasteiger partial charge in [-0.1, -0.05) is 35.4 Å². The molecule has 0 unspecified atom stereocenters. The number of benzene rings is 2. The molecule has 21 heavy (non-hydrogen) atoms. The van der Waals surface area contributed by atoms with Crippen molar-refractivity contribution in [3.63, 3.8) is 0 Å². The molecular weight excluding hydrogens is 262 g/mol. The fourth-order valence-corrected chi connectivity index (χ4v) is 2.43. The van der Waals surface area contributed by atoms with E-state index in [0.717, 1.165) is 17.8 Å². The van der Waals surface area contributed by atoms with Crippen LogP contribution in [0.5, 0.6) is 0 Å². The van der Waals surface area contributed by atoms with E-state index in [9.17, 15) is 4.79 Å². The highest BCUT2D eigenvalue weighted by molar-refractivity contribution is 5.90. The molecular formula is C18H21NO2. The number of carbonyl (C=O) groups is 1. The van der Waals surface area contributed by atoms with E-state index in [-0.39, 0.29) is 5.97 Å². The van der Waals surface area contributed by atoms with Gasteiger partial charge in [-0.25, -0.2) is 4.79 Å². The van der Waals surface area contributed by atoms with Gasteiger partial charge in [0.25, 0.3) is 0 Å². The minimum absolute atomic E-state index is 0.315. The number of ether oxygens (including phenoxy) is 1. The number of esters is 1. The van der Waals surface area contributed by atoms with Gasteiger partial charge in [-0.2, -0.15) is 0 Å². The maximum Gasteiger partial charge on any atom is 0.337 e. The lowest BCUT2D eigenvalue weighted by Gasteiger charge is -2.12. The van der Waals surface area contributed by atoms with E-state index >= 15 is 0 Å². The van der Waals surface area contributed by atoms with Gasteiger partial charge in [-0.3, -0.25) is 0 Å². The second kappa shape index (κ2) is 6.44. The molecule has 3 nitrogen and oxygen atoms in total. The summed E-state index contributed by atoms with van der Waals surface area (Å²) in [5.41, 5.74) is 6.36. The average Bonchev–Trinajstić information content (AvgIpc) is 2.44. The molecule has 0 atom stereocenters. The lowest BCUT2D eigenvalue weighted by atomic mass is 10.1. The predicted molar refractivity (Wildman–Crippen MR) is 85.8 cm³/mol. The first-order valence-corrected chi connectivity index (χ1v) is 6.99. The van der Waals surface area contributed by atoms with Crippen molar-refractivity contribution in [1.82, 2.24) is 0 Å². The maximum absolute atomic E-state index is 11.6. The first-order valence-electron chi connectivity index (χ1n) is 6.99. The Morgan fingerprint density at radius 2 is 1.71 bits per heavy atom. The summed E-state index contributed by atoms with van der Waals surface area (Å²) in [7, 11) is 1.39. The third-order valence-electron chi connectivity index (χ3n) is 3.42. The van der Waals surface area contributed by atoms with E-state index < -0.39 is 0 Å². The first-order chi connectivity index (χ1) is 9.99. The fourth-order valence-electron chi connectivity index (χ4n) is 2.43. The van der Waals surface area contributed by atoms with Gasteiger partial charge in [0.05, 0.1) is 12.7 Å². The molecule has 110 valence electrons. The van der Waals surface area contributed by atoms with Gasteiger partial charge >= 0.3 is 5.97 Å². The summed E-state index contributed by atoms with van der Waals surface area (Å²) in [5, 5.41) is 3.40. The number of hydrogen-bond donors (Lipinski definition) is 1. The van der Waals surface area contributed by atoms with Gasteiger partial charge in [-0.15, -0.1) is 0 Å². The summed E-state index contributed by atoms with van der Waals surface area (Å²) in [6, 6.07) is 12.0. The van der Waals surface area contributed by atoms with Crippen LogP contribution in [0.3, 0.4) is 0 Å². The number of nitrogens with one attached hydrogen (secondary N) is 1. The Morgan fingerprint density at radius 3 is 2.33 bits per heavy atom. The third-order valence-corrected chi connectivity index (χ3v) is 3.42. The summed E-state index contributed by atoms with van der Waals surface area (Å²) < 4.78 is 4.76. The Balaban J connectivity index is 2.17. The van der Waals surface area contributed by atoms with E-state index in [2.05, 4.69) is 37.4 Å². The highest BCUT2D eigenvalue weighted by Gasteiger charge is 2.08. The number of rotatable bonds is 4. The third kappa shape index (κ3) is 3.85. The molecule has 0 saturated heterocycles. The summed E-state index contributed by atoms with van der Waals surface area (Å²) in [6.45, 7) is 6.94. The predicted octanol–water partition coefficient (Wildman–Crippen LogP) is 4.01. The van der Waals surface area contributed by atoms with Crippen LogP contribution in [0.2, 0.25) is 0 Å². The zero-order chi connectivity index (χ0) is 15.4. The van der Waals surface area contributed by atoms with E-state index in [4.69, 9.17) is 4.74 Å². The normalized spacial score (nSPS) is 10.3. The van der Waals surface area contributed by atoms with Crippen molar-refractivity contribution in [1.29, 1.82) is 0 Å². The Labute approximate surface area is 126 Å². The van der Waals surface area contributed by atoms with Crippen LogP contribution < -0.4 is 5.32 Å². The first kappa shape index (κ1) is 15.1. The lowest BCUT2D eigenvalue weighted by molar-refractivity contribution is 0.0601. The molecule has 0 aliphatic carbocycles. The second-order valence-corrected chi connectivity index (χ2v) is 5.37. The van der Waals surface area contributed by atoms with Crippen molar-refractivity contribution in [3.05, 3.63) is 64.2 Å². The molecule has 2 aromatic carbocycles. The van der Waals surface area contributed by atoms with Gasteiger partial charge in [-0.05, 0) is 44.0 Å². The Kier molecular flexibility index (Phi) is 4.63. The van der Waals surface area contributed by atoms with Crippen LogP contribution >= 0.6 is 0 Å². The molecule has 0 radical (unpaired) electrons. The van der Waals surface area contributed by atoms with Gasteiger partial charge in [0, 0.05) is 12.2 Å². The standard InChI is InChI=1S/C18H21NO2/c1-12-7-13(2)9-15(8-12)11-19-17-10-16(18(20)21-4)6-5-14(17)3/h5-10,19H,11H2,1-4H3. The monoisotopic (exact) mass is 283 g/mol. The molecule has 2 aromatic rings. The molecule has 0 fully saturated rings. The molecule has 0 spiro atoms. The lowest BCUT2D eigenvalue weighted by Crippen LogP contribution is -2.05. The van der Waals surface area contributed by atoms with Crippen LogP contribution in [-0.2, 0) is 11.3 Å². The largest absolute Gasteiger partial charge is 0.465 e. The molecule has 0 amide bonds. The number of hydrogen-bond acceptors (Lipinski definition) is 3. The van der Waals surface area contributed by atoms with Crippen molar-refractivity contribution in [2.75, 3.05) is 12.4 Å². The molecule has 0 aliphatic rings. The van der Waals surface area contributed by atoms with Crippen LogP contribution in [0.15, 0.2) is 36.4 Å². The summed E-state index contributed by atoms with van der Waals surface area (Å²) in [5.74, 6) is -0.315. The molecule has 2 rings (SSSR count). The Morgan fingerprint density at radius 1 is 1.05 bits per heavy atom. The van der Waals surface area contributed by atoms with Gasteiger partial charge in [0.2, 0.25) is 0 Å². The van der Waals surface area contributed by atoms with E-state index in [0.29, 0.717) is 5.56 Å². The smallest absolute Gasteiger partial charge is 0.337 e. The van der Waals surface area contributed by atoms with Crippen LogP contribution in [0.1, 0.15) is 32.6 Å². The van der Waals surface area contributed by atoms with Crippen molar-refractivity contribution < 1.29 is 9.53 Å². The van der Waals surface area contributed by atoms with Crippen molar-refractivity contribution in [2.45, 2.75) is 27.3 Å². The fraction of sp³-hybridized carbons (Fsp3) is 0.278. The van der Waals surface area contributed by atoms with Gasteiger partial charge in [0.1, 0.15) is 0 Å². The average molecular weight is 283 g/mol. The summed E-state index contributed by atoms with van der Waals surface area (Å²) in [6.07, 6.45) is 0. The number of aryl methyl sites for hydroxylation is 3. The SMILES string of the molecule is COC(=O)c1ccc(C)c(NCc2cc(C)cc(C)c2)c1. The van der Waals surface area contributed by atoms with Crippen LogP contribution in [0.25, 0.3) is 0 Å². The van der Waals surface area contributed by atoms with Gasteiger partial charge < -0.3 is 10.1 Å². The van der Waals surface area contributed by atoms with Crippen LogP contribution in [0, 0.1) is 20.8 Å². The number of methoxy groups -OCH3 is 1. The van der Waals surface area contributed by atoms with Crippen molar-refractivity contribution >= 4 is 11.7 Å². The van der Waals surface area contributed by atoms with Crippen LogP contribution in [-0.4, -0.2) is 13.1 Å². The topological polar surface area (TPSA) is 38.3 Å². The Hall–Kier alpha value is -2.29. The van der Waals surface area contributed by atoms with Crippen LogP contribution in [0.4, 0.5) is 5.69 Å². The number of carbonyl (C=O) groups excluding carboxylic acids is 1. The molecule has 1 N–H and O–H groups in total. The van der Waals surface area contributed by atoms with E-state index in [1.807, 2.05) is 19.1 Å². The molecule has 0 heterocycles. The quantitative estimate of drug-likeness (QED) is 0.862. The minimum atomic E-state index is -0.315. The zero-order valence-electron chi connectivity index (χ0n) is 13.0. The second-order valence-electron chi connectivity index (χ2n) is 5.37. The summed E-state index contributed by atoms with van der Waals surface area (Å²) >= 11 is 0. The summed E-state index contributed by atoms with van der Waals surface area (Å²) in [4.78, 5) is 11.6.